The van der Waals surface area contributed by atoms with Gasteiger partial charge in [-0.3, -0.25) is 0 Å². The van der Waals surface area contributed by atoms with Crippen molar-refractivity contribution >= 4 is 0 Å². The molecule has 0 aromatic heterocycles. The van der Waals surface area contributed by atoms with Crippen LogP contribution < -0.4 is 0 Å². The molecule has 0 bridgehead atoms. The molecule has 3 rings (SSSR count). The third kappa shape index (κ3) is 2.99. The second-order valence-electron chi connectivity index (χ2n) is 7.88. The Kier molecular flexibility index (Phi) is 5.49. The predicted molar refractivity (Wildman–Crippen MR) is 93.7 cm³/mol. The lowest BCUT2D eigenvalue weighted by Crippen LogP contribution is -2.36. The zero-order chi connectivity index (χ0) is 16.3. The number of aliphatic hydroxyl groups is 2. The first-order valence-electron chi connectivity index (χ1n) is 9.66. The number of allylic oxidation sites excluding steroid dienone is 1. The molecule has 0 fully saturated rings. The highest BCUT2D eigenvalue weighted by Gasteiger charge is 2.52. The van der Waals surface area contributed by atoms with Crippen molar-refractivity contribution in [3.05, 3.63) is 11.1 Å². The Bertz CT molecular complexity index is 510. The summed E-state index contributed by atoms with van der Waals surface area (Å²) in [7, 11) is 0. The van der Waals surface area contributed by atoms with Crippen LogP contribution in [0.3, 0.4) is 0 Å². The van der Waals surface area contributed by atoms with Crippen LogP contribution >= 0.6 is 0 Å². The zero-order valence-electron chi connectivity index (χ0n) is 14.6. The van der Waals surface area contributed by atoms with Gasteiger partial charge in [-0.15, -0.1) is 11.8 Å². The fraction of sp³-hybridized carbons (Fsp3) is 0.810. The Balaban J connectivity index is 1.85. The van der Waals surface area contributed by atoms with E-state index in [9.17, 15) is 10.2 Å². The minimum atomic E-state index is -0.0311. The summed E-state index contributed by atoms with van der Waals surface area (Å²) in [6, 6.07) is 0. The third-order valence-electron chi connectivity index (χ3n) is 6.76. The Morgan fingerprint density at radius 2 is 1.91 bits per heavy atom. The number of fused-ring (bicyclic) bond motifs is 2. The van der Waals surface area contributed by atoms with E-state index in [1.165, 1.54) is 25.7 Å². The molecule has 0 aromatic rings. The van der Waals surface area contributed by atoms with Gasteiger partial charge >= 0.3 is 0 Å². The van der Waals surface area contributed by atoms with Crippen molar-refractivity contribution in [3.63, 3.8) is 0 Å². The Labute approximate surface area is 141 Å². The molecule has 0 heterocycles. The molecule has 3 aliphatic rings. The molecule has 2 N–H and O–H groups in total. The lowest BCUT2D eigenvalue weighted by molar-refractivity contribution is 0.0668. The summed E-state index contributed by atoms with van der Waals surface area (Å²) in [6.45, 7) is 2.75. The molecule has 2 nitrogen and oxygen atoms in total. The standard InChI is InChI=1S/C21H32O2/c1-2-7-16(14-22)12-13-21(15-23)19-10-5-3-8-17(19)18-9-4-6-11-20(18)21/h16,18,20,22-23H,2-3,5,7-15H2,1H3/t16?,18-,20?,21?/m1/s1. The lowest BCUT2D eigenvalue weighted by atomic mass is 9.65. The Morgan fingerprint density at radius 1 is 1.13 bits per heavy atom. The van der Waals surface area contributed by atoms with Gasteiger partial charge in [-0.1, -0.05) is 24.5 Å². The second-order valence-corrected chi connectivity index (χ2v) is 7.88. The maximum absolute atomic E-state index is 10.5. The fourth-order valence-electron chi connectivity index (χ4n) is 5.55. The van der Waals surface area contributed by atoms with Gasteiger partial charge in [0.05, 0.1) is 6.61 Å². The molecule has 0 saturated heterocycles. The number of hydrogen-bond donors (Lipinski definition) is 2. The number of hydrogen-bond acceptors (Lipinski definition) is 2. The maximum atomic E-state index is 10.5. The molecule has 3 aliphatic carbocycles. The van der Waals surface area contributed by atoms with Crippen molar-refractivity contribution in [2.75, 3.05) is 13.2 Å². The highest BCUT2D eigenvalue weighted by molar-refractivity contribution is 5.38. The van der Waals surface area contributed by atoms with Crippen molar-refractivity contribution in [1.82, 2.24) is 0 Å². The molecule has 0 radical (unpaired) electrons. The topological polar surface area (TPSA) is 40.5 Å². The first-order chi connectivity index (χ1) is 11.3. The molecule has 0 saturated carbocycles. The van der Waals surface area contributed by atoms with Crippen molar-refractivity contribution < 1.29 is 10.2 Å². The van der Waals surface area contributed by atoms with E-state index in [0.29, 0.717) is 17.8 Å². The van der Waals surface area contributed by atoms with E-state index in [4.69, 9.17) is 0 Å². The van der Waals surface area contributed by atoms with Gasteiger partial charge < -0.3 is 10.2 Å². The summed E-state index contributed by atoms with van der Waals surface area (Å²) in [5.74, 6) is 8.21. The SMILES string of the molecule is CCCC(CO)CCC1(CO)C2=C(CCCC2)[C@H]2CC#CCC21. The molecule has 4 atom stereocenters. The minimum Gasteiger partial charge on any atom is -0.396 e. The van der Waals surface area contributed by atoms with Crippen LogP contribution in [0.4, 0.5) is 0 Å². The molecular formula is C21H32O2. The van der Waals surface area contributed by atoms with Gasteiger partial charge in [0.15, 0.2) is 0 Å². The van der Waals surface area contributed by atoms with Crippen LogP contribution in [0.5, 0.6) is 0 Å². The van der Waals surface area contributed by atoms with Crippen LogP contribution in [0.2, 0.25) is 0 Å². The van der Waals surface area contributed by atoms with Gasteiger partial charge in [-0.25, -0.2) is 0 Å². The van der Waals surface area contributed by atoms with E-state index < -0.39 is 0 Å². The molecule has 0 amide bonds. The van der Waals surface area contributed by atoms with E-state index >= 15 is 0 Å². The Morgan fingerprint density at radius 3 is 2.65 bits per heavy atom. The average Bonchev–Trinajstić information content (AvgIpc) is 2.89. The van der Waals surface area contributed by atoms with Gasteiger partial charge in [0.2, 0.25) is 0 Å². The molecule has 3 unspecified atom stereocenters. The van der Waals surface area contributed by atoms with Crippen molar-refractivity contribution in [2.24, 2.45) is 23.2 Å². The van der Waals surface area contributed by atoms with Gasteiger partial charge in [0.1, 0.15) is 0 Å². The van der Waals surface area contributed by atoms with Crippen LogP contribution in [0.15, 0.2) is 11.1 Å². The van der Waals surface area contributed by atoms with Crippen LogP contribution in [0.25, 0.3) is 0 Å². The van der Waals surface area contributed by atoms with Crippen molar-refractivity contribution in [1.29, 1.82) is 0 Å². The largest absolute Gasteiger partial charge is 0.396 e. The Hall–Kier alpha value is -0.780. The summed E-state index contributed by atoms with van der Waals surface area (Å²) in [6.07, 6.45) is 11.3. The number of aliphatic hydroxyl groups excluding tert-OH is 2. The highest BCUT2D eigenvalue weighted by Crippen LogP contribution is 2.60. The van der Waals surface area contributed by atoms with E-state index in [1.54, 1.807) is 11.1 Å². The van der Waals surface area contributed by atoms with Gasteiger partial charge in [0.25, 0.3) is 0 Å². The summed E-state index contributed by atoms with van der Waals surface area (Å²) in [5, 5.41) is 20.1. The average molecular weight is 316 g/mol. The molecule has 23 heavy (non-hydrogen) atoms. The molecule has 0 spiro atoms. The minimum absolute atomic E-state index is 0.0311. The van der Waals surface area contributed by atoms with Crippen LogP contribution in [0.1, 0.15) is 71.1 Å². The predicted octanol–water partition coefficient (Wildman–Crippen LogP) is 4.07. The summed E-state index contributed by atoms with van der Waals surface area (Å²) >= 11 is 0. The van der Waals surface area contributed by atoms with Crippen LogP contribution in [0, 0.1) is 35.0 Å². The van der Waals surface area contributed by atoms with Crippen LogP contribution in [-0.4, -0.2) is 23.4 Å². The summed E-state index contributed by atoms with van der Waals surface area (Å²) in [4.78, 5) is 0. The maximum Gasteiger partial charge on any atom is 0.0528 e. The van der Waals surface area contributed by atoms with Gasteiger partial charge in [-0.2, -0.15) is 0 Å². The first-order valence-corrected chi connectivity index (χ1v) is 9.66. The molecular weight excluding hydrogens is 284 g/mol. The van der Waals surface area contributed by atoms with E-state index in [2.05, 4.69) is 18.8 Å². The van der Waals surface area contributed by atoms with E-state index in [-0.39, 0.29) is 18.6 Å². The van der Waals surface area contributed by atoms with Gasteiger partial charge in [-0.05, 0) is 62.7 Å². The molecule has 128 valence electrons. The quantitative estimate of drug-likeness (QED) is 0.549. The summed E-state index contributed by atoms with van der Waals surface area (Å²) < 4.78 is 0. The molecule has 2 heteroatoms. The van der Waals surface area contributed by atoms with Crippen LogP contribution in [-0.2, 0) is 0 Å². The molecule has 0 aromatic carbocycles. The third-order valence-corrected chi connectivity index (χ3v) is 6.76. The second kappa shape index (κ2) is 7.41. The smallest absolute Gasteiger partial charge is 0.0528 e. The van der Waals surface area contributed by atoms with E-state index in [1.807, 2.05) is 0 Å². The van der Waals surface area contributed by atoms with E-state index in [0.717, 1.165) is 38.5 Å². The molecule has 0 aliphatic heterocycles. The fourth-order valence-corrected chi connectivity index (χ4v) is 5.55. The first kappa shape index (κ1) is 17.1. The zero-order valence-corrected chi connectivity index (χ0v) is 14.6. The monoisotopic (exact) mass is 316 g/mol. The highest BCUT2D eigenvalue weighted by atomic mass is 16.3. The summed E-state index contributed by atoms with van der Waals surface area (Å²) in [5.41, 5.74) is 3.23. The number of rotatable bonds is 7. The van der Waals surface area contributed by atoms with Crippen molar-refractivity contribution in [3.8, 4) is 11.8 Å². The lowest BCUT2D eigenvalue weighted by Gasteiger charge is -2.40. The van der Waals surface area contributed by atoms with Gasteiger partial charge in [0, 0.05) is 24.9 Å². The van der Waals surface area contributed by atoms with Crippen molar-refractivity contribution in [2.45, 2.75) is 71.1 Å². The normalized spacial score (nSPS) is 33.7.